The lowest BCUT2D eigenvalue weighted by atomic mass is 9.80. The van der Waals surface area contributed by atoms with Gasteiger partial charge in [-0.25, -0.2) is 0 Å². The number of ketones is 1. The zero-order valence-corrected chi connectivity index (χ0v) is 11.7. The number of hydrogen-bond acceptors (Lipinski definition) is 3. The Morgan fingerprint density at radius 3 is 2.84 bits per heavy atom. The summed E-state index contributed by atoms with van der Waals surface area (Å²) in [4.78, 5) is 24.2. The molecule has 0 aromatic heterocycles. The van der Waals surface area contributed by atoms with Crippen molar-refractivity contribution in [2.75, 3.05) is 5.32 Å². The van der Waals surface area contributed by atoms with Crippen molar-refractivity contribution < 1.29 is 14.7 Å². The number of halogens is 1. The Morgan fingerprint density at radius 1 is 1.32 bits per heavy atom. The zero-order chi connectivity index (χ0) is 13.6. The van der Waals surface area contributed by atoms with E-state index in [9.17, 15) is 14.7 Å². The van der Waals surface area contributed by atoms with Crippen molar-refractivity contribution in [2.24, 2.45) is 0 Å². The van der Waals surface area contributed by atoms with Crippen LogP contribution in [0.2, 0.25) is 0 Å². The lowest BCUT2D eigenvalue weighted by molar-refractivity contribution is -0.133. The van der Waals surface area contributed by atoms with Gasteiger partial charge in [0, 0.05) is 22.0 Å². The maximum Gasteiger partial charge on any atom is 0.266 e. The highest BCUT2D eigenvalue weighted by atomic mass is 79.9. The molecule has 1 heterocycles. The molecular formula is C14H12BrNO3. The van der Waals surface area contributed by atoms with Crippen molar-refractivity contribution in [1.29, 1.82) is 0 Å². The highest BCUT2D eigenvalue weighted by Crippen LogP contribution is 2.45. The summed E-state index contributed by atoms with van der Waals surface area (Å²) < 4.78 is 0.693. The van der Waals surface area contributed by atoms with E-state index in [1.165, 1.54) is 0 Å². The van der Waals surface area contributed by atoms with Crippen molar-refractivity contribution in [2.45, 2.75) is 24.9 Å². The first-order valence-corrected chi connectivity index (χ1v) is 6.91. The first-order valence-electron chi connectivity index (χ1n) is 6.12. The van der Waals surface area contributed by atoms with Crippen LogP contribution in [-0.2, 0) is 15.2 Å². The first-order chi connectivity index (χ1) is 9.05. The first kappa shape index (κ1) is 12.6. The number of aliphatic hydroxyl groups is 1. The molecule has 1 aliphatic heterocycles. The summed E-state index contributed by atoms with van der Waals surface area (Å²) in [6.07, 6.45) is 3.54. The summed E-state index contributed by atoms with van der Waals surface area (Å²) in [6.45, 7) is 0. The molecule has 0 spiro atoms. The predicted molar refractivity (Wildman–Crippen MR) is 73.6 cm³/mol. The molecule has 0 saturated heterocycles. The van der Waals surface area contributed by atoms with Gasteiger partial charge in [-0.2, -0.15) is 0 Å². The molecule has 2 N–H and O–H groups in total. The third kappa shape index (κ3) is 1.69. The molecule has 3 rings (SSSR count). The third-order valence-electron chi connectivity index (χ3n) is 3.62. The van der Waals surface area contributed by atoms with Crippen LogP contribution >= 0.6 is 15.9 Å². The number of para-hydroxylation sites is 1. The lowest BCUT2D eigenvalue weighted by Gasteiger charge is -2.25. The van der Waals surface area contributed by atoms with Gasteiger partial charge < -0.3 is 10.4 Å². The molecule has 1 aliphatic carbocycles. The number of Topliss-reactive ketones (excluding diaryl/α,β-unsaturated/α-hetero) is 1. The monoisotopic (exact) mass is 321 g/mol. The van der Waals surface area contributed by atoms with E-state index in [4.69, 9.17) is 0 Å². The lowest BCUT2D eigenvalue weighted by Crippen LogP contribution is -2.39. The van der Waals surface area contributed by atoms with Gasteiger partial charge in [0.25, 0.3) is 5.91 Å². The Bertz CT molecular complexity index is 623. The van der Waals surface area contributed by atoms with Gasteiger partial charge in [-0.05, 0) is 34.8 Å². The second kappa shape index (κ2) is 4.28. The number of carbonyl (C=O) groups excluding carboxylic acids is 2. The fourth-order valence-corrected chi connectivity index (χ4v) is 3.12. The normalized spacial score (nSPS) is 25.9. The predicted octanol–water partition coefficient (Wildman–Crippen LogP) is 2.27. The second-order valence-corrected chi connectivity index (χ2v) is 5.61. The SMILES string of the molecule is O=C1CCCC=C1C1(O)C(=O)Nc2c(Br)cccc21. The number of amides is 1. The van der Waals surface area contributed by atoms with Crippen molar-refractivity contribution in [3.8, 4) is 0 Å². The number of rotatable bonds is 1. The molecule has 0 radical (unpaired) electrons. The topological polar surface area (TPSA) is 66.4 Å². The molecule has 1 aromatic carbocycles. The van der Waals surface area contributed by atoms with Gasteiger partial charge in [0.05, 0.1) is 5.69 Å². The van der Waals surface area contributed by atoms with Crippen LogP contribution in [0.25, 0.3) is 0 Å². The zero-order valence-electron chi connectivity index (χ0n) is 10.1. The molecule has 98 valence electrons. The van der Waals surface area contributed by atoms with Crippen LogP contribution in [0, 0.1) is 0 Å². The molecule has 1 aromatic rings. The van der Waals surface area contributed by atoms with Crippen LogP contribution in [0.15, 0.2) is 34.3 Å². The molecule has 1 unspecified atom stereocenters. The van der Waals surface area contributed by atoms with Crippen LogP contribution < -0.4 is 5.32 Å². The van der Waals surface area contributed by atoms with Crippen LogP contribution in [0.3, 0.4) is 0 Å². The van der Waals surface area contributed by atoms with E-state index in [0.717, 1.165) is 6.42 Å². The van der Waals surface area contributed by atoms with Gasteiger partial charge in [-0.3, -0.25) is 9.59 Å². The number of hydrogen-bond donors (Lipinski definition) is 2. The largest absolute Gasteiger partial charge is 0.372 e. The van der Waals surface area contributed by atoms with Crippen LogP contribution in [0.5, 0.6) is 0 Å². The Morgan fingerprint density at radius 2 is 2.11 bits per heavy atom. The van der Waals surface area contributed by atoms with Gasteiger partial charge in [-0.1, -0.05) is 18.2 Å². The summed E-state index contributed by atoms with van der Waals surface area (Å²) >= 11 is 3.34. The number of benzene rings is 1. The molecule has 19 heavy (non-hydrogen) atoms. The quantitative estimate of drug-likeness (QED) is 0.833. The molecule has 1 amide bonds. The summed E-state index contributed by atoms with van der Waals surface area (Å²) in [7, 11) is 0. The molecular weight excluding hydrogens is 310 g/mol. The van der Waals surface area contributed by atoms with Crippen molar-refractivity contribution in [3.05, 3.63) is 39.9 Å². The van der Waals surface area contributed by atoms with Gasteiger partial charge in [-0.15, -0.1) is 0 Å². The molecule has 4 nitrogen and oxygen atoms in total. The molecule has 0 saturated carbocycles. The second-order valence-electron chi connectivity index (χ2n) is 4.76. The molecule has 0 bridgehead atoms. The fraction of sp³-hybridized carbons (Fsp3) is 0.286. The highest BCUT2D eigenvalue weighted by Gasteiger charge is 2.51. The van der Waals surface area contributed by atoms with Crippen LogP contribution in [0.1, 0.15) is 24.8 Å². The van der Waals surface area contributed by atoms with E-state index in [-0.39, 0.29) is 11.4 Å². The number of carbonyl (C=O) groups is 2. The average Bonchev–Trinajstić information content (AvgIpc) is 2.65. The van der Waals surface area contributed by atoms with E-state index in [1.54, 1.807) is 24.3 Å². The minimum absolute atomic E-state index is 0.156. The van der Waals surface area contributed by atoms with Gasteiger partial charge in [0.15, 0.2) is 11.4 Å². The maximum atomic E-state index is 12.2. The Labute approximate surface area is 118 Å². The Balaban J connectivity index is 2.20. The van der Waals surface area contributed by atoms with Gasteiger partial charge in [0.2, 0.25) is 0 Å². The van der Waals surface area contributed by atoms with E-state index in [1.807, 2.05) is 0 Å². The minimum Gasteiger partial charge on any atom is -0.372 e. The third-order valence-corrected chi connectivity index (χ3v) is 4.28. The van der Waals surface area contributed by atoms with Crippen molar-refractivity contribution in [3.63, 3.8) is 0 Å². The number of allylic oxidation sites excluding steroid dienone is 1. The fourth-order valence-electron chi connectivity index (χ4n) is 2.65. The molecule has 1 atom stereocenters. The summed E-state index contributed by atoms with van der Waals surface area (Å²) in [5.74, 6) is -0.715. The van der Waals surface area contributed by atoms with Crippen LogP contribution in [0.4, 0.5) is 5.69 Å². The maximum absolute atomic E-state index is 12.2. The molecule has 2 aliphatic rings. The smallest absolute Gasteiger partial charge is 0.266 e. The number of anilines is 1. The van der Waals surface area contributed by atoms with Crippen LogP contribution in [-0.4, -0.2) is 16.8 Å². The molecule has 5 heteroatoms. The summed E-state index contributed by atoms with van der Waals surface area (Å²) in [5, 5.41) is 13.5. The Hall–Kier alpha value is -1.46. The highest BCUT2D eigenvalue weighted by molar-refractivity contribution is 9.10. The summed E-state index contributed by atoms with van der Waals surface area (Å²) in [5.41, 5.74) is -0.674. The van der Waals surface area contributed by atoms with Crippen molar-refractivity contribution >= 4 is 33.3 Å². The number of fused-ring (bicyclic) bond motifs is 1. The van der Waals surface area contributed by atoms with E-state index < -0.39 is 11.5 Å². The minimum atomic E-state index is -1.85. The van der Waals surface area contributed by atoms with Crippen molar-refractivity contribution in [1.82, 2.24) is 0 Å². The average molecular weight is 322 g/mol. The Kier molecular flexibility index (Phi) is 2.83. The summed E-state index contributed by atoms with van der Waals surface area (Å²) in [6, 6.07) is 5.19. The van der Waals surface area contributed by atoms with E-state index in [2.05, 4.69) is 21.2 Å². The van der Waals surface area contributed by atoms with E-state index in [0.29, 0.717) is 28.6 Å². The van der Waals surface area contributed by atoms with Gasteiger partial charge >= 0.3 is 0 Å². The standard InChI is InChI=1S/C14H12BrNO3/c15-10-6-3-5-9-12(10)16-13(18)14(9,19)8-4-1-2-7-11(8)17/h3-6,19H,1-2,7H2,(H,16,18). The van der Waals surface area contributed by atoms with Gasteiger partial charge in [0.1, 0.15) is 0 Å². The number of nitrogens with one attached hydrogen (secondary N) is 1. The van der Waals surface area contributed by atoms with E-state index >= 15 is 0 Å². The molecule has 0 fully saturated rings.